The van der Waals surface area contributed by atoms with Crippen molar-refractivity contribution in [2.24, 2.45) is 7.05 Å². The van der Waals surface area contributed by atoms with Crippen LogP contribution in [0.25, 0.3) is 0 Å². The van der Waals surface area contributed by atoms with Crippen molar-refractivity contribution in [3.63, 3.8) is 0 Å². The predicted molar refractivity (Wildman–Crippen MR) is 63.4 cm³/mol. The summed E-state index contributed by atoms with van der Waals surface area (Å²) < 4.78 is 6.90. The Labute approximate surface area is 101 Å². The van der Waals surface area contributed by atoms with Crippen molar-refractivity contribution in [1.29, 1.82) is 0 Å². The molecule has 1 aromatic rings. The van der Waals surface area contributed by atoms with Gasteiger partial charge in [0.25, 0.3) is 0 Å². The van der Waals surface area contributed by atoms with Gasteiger partial charge in [0.2, 0.25) is 5.91 Å². The van der Waals surface area contributed by atoms with Crippen molar-refractivity contribution in [2.45, 2.75) is 26.2 Å². The summed E-state index contributed by atoms with van der Waals surface area (Å²) in [4.78, 5) is 15.4. The molecule has 1 amide bonds. The Morgan fingerprint density at radius 3 is 3.06 bits per heavy atom. The van der Waals surface area contributed by atoms with Crippen LogP contribution in [0.1, 0.15) is 25.6 Å². The molecule has 1 rings (SSSR count). The summed E-state index contributed by atoms with van der Waals surface area (Å²) >= 11 is 0. The van der Waals surface area contributed by atoms with E-state index in [1.165, 1.54) is 6.33 Å². The van der Waals surface area contributed by atoms with E-state index in [0.717, 1.165) is 18.7 Å². The van der Waals surface area contributed by atoms with Crippen LogP contribution in [0, 0.1) is 0 Å². The Bertz CT molecular complexity index is 338. The molecule has 0 atom stereocenters. The number of carbonyl (C=O) groups is 1. The molecule has 6 nitrogen and oxygen atoms in total. The summed E-state index contributed by atoms with van der Waals surface area (Å²) in [6.07, 6.45) is 4.25. The van der Waals surface area contributed by atoms with Crippen molar-refractivity contribution in [1.82, 2.24) is 20.1 Å². The third kappa shape index (κ3) is 5.44. The summed E-state index contributed by atoms with van der Waals surface area (Å²) in [6, 6.07) is 0. The molecule has 96 valence electrons. The molecule has 6 heteroatoms. The number of aryl methyl sites for hydroxylation is 1. The highest BCUT2D eigenvalue weighted by Crippen LogP contribution is 1.91. The molecule has 0 unspecified atom stereocenters. The molecule has 0 aliphatic heterocycles. The lowest BCUT2D eigenvalue weighted by molar-refractivity contribution is -0.125. The fourth-order valence-corrected chi connectivity index (χ4v) is 1.32. The van der Waals surface area contributed by atoms with Gasteiger partial charge in [-0.25, -0.2) is 4.98 Å². The summed E-state index contributed by atoms with van der Waals surface area (Å²) in [5.41, 5.74) is 0. The standard InChI is InChI=1S/C11H20N4O2/c1-3-4-7-17-8-11(16)12-6-5-10-13-9-14-15(10)2/h9H,3-8H2,1-2H3,(H,12,16). The normalized spacial score (nSPS) is 10.5. The highest BCUT2D eigenvalue weighted by atomic mass is 16.5. The van der Waals surface area contributed by atoms with Gasteiger partial charge in [-0.1, -0.05) is 13.3 Å². The molecule has 0 saturated heterocycles. The van der Waals surface area contributed by atoms with Crippen molar-refractivity contribution >= 4 is 5.91 Å². The summed E-state index contributed by atoms with van der Waals surface area (Å²) in [6.45, 7) is 3.43. The SMILES string of the molecule is CCCCOCC(=O)NCCc1ncnn1C. The number of unbranched alkanes of at least 4 members (excludes halogenated alkanes) is 1. The van der Waals surface area contributed by atoms with E-state index < -0.39 is 0 Å². The number of hydrogen-bond donors (Lipinski definition) is 1. The second-order valence-corrected chi connectivity index (χ2v) is 3.81. The van der Waals surface area contributed by atoms with Crippen LogP contribution >= 0.6 is 0 Å². The minimum Gasteiger partial charge on any atom is -0.372 e. The number of carbonyl (C=O) groups excluding carboxylic acids is 1. The molecule has 0 saturated carbocycles. The highest BCUT2D eigenvalue weighted by Gasteiger charge is 2.03. The van der Waals surface area contributed by atoms with Crippen LogP contribution in [-0.2, 0) is 23.0 Å². The van der Waals surface area contributed by atoms with Crippen molar-refractivity contribution < 1.29 is 9.53 Å². The van der Waals surface area contributed by atoms with Gasteiger partial charge >= 0.3 is 0 Å². The molecule has 0 radical (unpaired) electrons. The number of ether oxygens (including phenoxy) is 1. The number of amides is 1. The molecule has 0 aliphatic rings. The Kier molecular flexibility index (Phi) is 6.24. The van der Waals surface area contributed by atoms with E-state index in [-0.39, 0.29) is 12.5 Å². The molecule has 1 heterocycles. The maximum Gasteiger partial charge on any atom is 0.246 e. The van der Waals surface area contributed by atoms with Gasteiger partial charge in [0.15, 0.2) is 0 Å². The third-order valence-electron chi connectivity index (χ3n) is 2.35. The molecule has 0 bridgehead atoms. The first kappa shape index (κ1) is 13.6. The fraction of sp³-hybridized carbons (Fsp3) is 0.727. The van der Waals surface area contributed by atoms with Crippen LogP contribution < -0.4 is 5.32 Å². The van der Waals surface area contributed by atoms with Crippen LogP contribution in [0.4, 0.5) is 0 Å². The lowest BCUT2D eigenvalue weighted by Crippen LogP contribution is -2.30. The maximum absolute atomic E-state index is 11.3. The molecule has 17 heavy (non-hydrogen) atoms. The Hall–Kier alpha value is -1.43. The van der Waals surface area contributed by atoms with Gasteiger partial charge in [-0.2, -0.15) is 5.10 Å². The van der Waals surface area contributed by atoms with Crippen molar-refractivity contribution in [3.05, 3.63) is 12.2 Å². The van der Waals surface area contributed by atoms with Crippen LogP contribution in [0.2, 0.25) is 0 Å². The highest BCUT2D eigenvalue weighted by molar-refractivity contribution is 5.77. The number of nitrogens with one attached hydrogen (secondary N) is 1. The van der Waals surface area contributed by atoms with E-state index in [2.05, 4.69) is 22.3 Å². The Morgan fingerprint density at radius 1 is 1.59 bits per heavy atom. The zero-order chi connectivity index (χ0) is 12.5. The van der Waals surface area contributed by atoms with Gasteiger partial charge in [-0.05, 0) is 6.42 Å². The fourth-order valence-electron chi connectivity index (χ4n) is 1.32. The molecule has 0 fully saturated rings. The van der Waals surface area contributed by atoms with E-state index in [0.29, 0.717) is 19.6 Å². The number of nitrogens with zero attached hydrogens (tertiary/aromatic N) is 3. The third-order valence-corrected chi connectivity index (χ3v) is 2.35. The molecule has 0 aromatic carbocycles. The van der Waals surface area contributed by atoms with Gasteiger partial charge in [0.1, 0.15) is 18.8 Å². The average molecular weight is 240 g/mol. The van der Waals surface area contributed by atoms with E-state index in [9.17, 15) is 4.79 Å². The van der Waals surface area contributed by atoms with Crippen LogP contribution in [-0.4, -0.2) is 40.4 Å². The first-order chi connectivity index (χ1) is 8.24. The van der Waals surface area contributed by atoms with Gasteiger partial charge in [-0.3, -0.25) is 9.48 Å². The van der Waals surface area contributed by atoms with Crippen molar-refractivity contribution in [2.75, 3.05) is 19.8 Å². The molecule has 0 aliphatic carbocycles. The average Bonchev–Trinajstić information content (AvgIpc) is 2.71. The van der Waals surface area contributed by atoms with E-state index in [4.69, 9.17) is 4.74 Å². The minimum atomic E-state index is -0.0803. The number of hydrogen-bond acceptors (Lipinski definition) is 4. The predicted octanol–water partition coefficient (Wildman–Crippen LogP) is 0.290. The number of aromatic nitrogens is 3. The van der Waals surface area contributed by atoms with Gasteiger partial charge in [0.05, 0.1) is 0 Å². The zero-order valence-corrected chi connectivity index (χ0v) is 10.5. The van der Waals surface area contributed by atoms with Gasteiger partial charge in [0, 0.05) is 26.6 Å². The Morgan fingerprint density at radius 2 is 2.41 bits per heavy atom. The van der Waals surface area contributed by atoms with Crippen LogP contribution in [0.3, 0.4) is 0 Å². The molecular weight excluding hydrogens is 220 g/mol. The van der Waals surface area contributed by atoms with E-state index in [1.54, 1.807) is 4.68 Å². The minimum absolute atomic E-state index is 0.0803. The topological polar surface area (TPSA) is 69.0 Å². The summed E-state index contributed by atoms with van der Waals surface area (Å²) in [7, 11) is 1.83. The van der Waals surface area contributed by atoms with Crippen LogP contribution in [0.5, 0.6) is 0 Å². The van der Waals surface area contributed by atoms with Gasteiger partial charge in [-0.15, -0.1) is 0 Å². The first-order valence-corrected chi connectivity index (χ1v) is 5.91. The largest absolute Gasteiger partial charge is 0.372 e. The van der Waals surface area contributed by atoms with Crippen molar-refractivity contribution in [3.8, 4) is 0 Å². The summed E-state index contributed by atoms with van der Waals surface area (Å²) in [5.74, 6) is 0.778. The second kappa shape index (κ2) is 7.78. The van der Waals surface area contributed by atoms with Crippen LogP contribution in [0.15, 0.2) is 6.33 Å². The molecule has 0 spiro atoms. The van der Waals surface area contributed by atoms with E-state index in [1.807, 2.05) is 7.05 Å². The monoisotopic (exact) mass is 240 g/mol. The second-order valence-electron chi connectivity index (χ2n) is 3.81. The van der Waals surface area contributed by atoms with Gasteiger partial charge < -0.3 is 10.1 Å². The Balaban J connectivity index is 2.06. The lowest BCUT2D eigenvalue weighted by Gasteiger charge is -2.05. The lowest BCUT2D eigenvalue weighted by atomic mass is 10.4. The summed E-state index contributed by atoms with van der Waals surface area (Å²) in [5, 5.41) is 6.73. The maximum atomic E-state index is 11.3. The quantitative estimate of drug-likeness (QED) is 0.663. The first-order valence-electron chi connectivity index (χ1n) is 5.91. The molecule has 1 N–H and O–H groups in total. The smallest absolute Gasteiger partial charge is 0.246 e. The number of rotatable bonds is 8. The molecular formula is C11H20N4O2. The van der Waals surface area contributed by atoms with E-state index >= 15 is 0 Å². The zero-order valence-electron chi connectivity index (χ0n) is 10.5. The molecule has 1 aromatic heterocycles.